The Balaban J connectivity index is 1.63. The summed E-state index contributed by atoms with van der Waals surface area (Å²) in [6.45, 7) is 10.5. The number of ether oxygens (including phenoxy) is 1. The van der Waals surface area contributed by atoms with E-state index < -0.39 is 0 Å². The van der Waals surface area contributed by atoms with Crippen LogP contribution in [0.3, 0.4) is 0 Å². The highest BCUT2D eigenvalue weighted by atomic mass is 16.5. The molecule has 1 saturated carbocycles. The summed E-state index contributed by atoms with van der Waals surface area (Å²) in [7, 11) is 0. The van der Waals surface area contributed by atoms with Gasteiger partial charge in [0.25, 0.3) is 0 Å². The van der Waals surface area contributed by atoms with Gasteiger partial charge in [-0.2, -0.15) is 0 Å². The molecule has 3 aliphatic rings. The monoisotopic (exact) mass is 237 g/mol. The zero-order valence-corrected chi connectivity index (χ0v) is 11.7. The Bertz CT molecular complexity index is 274. The first-order valence-electron chi connectivity index (χ1n) is 7.31. The Hall–Kier alpha value is -0.0800. The highest BCUT2D eigenvalue weighted by molar-refractivity contribution is 5.02. The fourth-order valence-corrected chi connectivity index (χ4v) is 4.05. The standard InChI is InChI=1S/C15H27NO/c1-14(2,3)10-15(6-7-15)11-16-12-4-5-13(16)9-17-8-12/h12-13H,4-11H2,1-3H3. The van der Waals surface area contributed by atoms with Crippen molar-refractivity contribution in [3.05, 3.63) is 0 Å². The number of fused-ring (bicyclic) bond motifs is 2. The van der Waals surface area contributed by atoms with Gasteiger partial charge in [-0.3, -0.25) is 4.90 Å². The first-order chi connectivity index (χ1) is 7.98. The molecule has 2 bridgehead atoms. The van der Waals surface area contributed by atoms with Crippen LogP contribution in [0, 0.1) is 10.8 Å². The summed E-state index contributed by atoms with van der Waals surface area (Å²) in [5.41, 5.74) is 1.15. The van der Waals surface area contributed by atoms with Crippen LogP contribution in [0.15, 0.2) is 0 Å². The van der Waals surface area contributed by atoms with Crippen molar-refractivity contribution in [1.82, 2.24) is 4.90 Å². The lowest BCUT2D eigenvalue weighted by molar-refractivity contribution is -0.0263. The van der Waals surface area contributed by atoms with E-state index in [0.29, 0.717) is 10.8 Å². The average molecular weight is 237 g/mol. The lowest BCUT2D eigenvalue weighted by Gasteiger charge is -2.38. The van der Waals surface area contributed by atoms with E-state index in [1.807, 2.05) is 0 Å². The highest BCUT2D eigenvalue weighted by Crippen LogP contribution is 2.54. The van der Waals surface area contributed by atoms with Gasteiger partial charge in [0.15, 0.2) is 0 Å². The second-order valence-electron chi connectivity index (χ2n) is 7.83. The van der Waals surface area contributed by atoms with Crippen molar-refractivity contribution in [3.63, 3.8) is 0 Å². The van der Waals surface area contributed by atoms with Gasteiger partial charge in [0, 0.05) is 18.6 Å². The fraction of sp³-hybridized carbons (Fsp3) is 1.00. The van der Waals surface area contributed by atoms with Crippen LogP contribution in [0.4, 0.5) is 0 Å². The zero-order valence-electron chi connectivity index (χ0n) is 11.7. The summed E-state index contributed by atoms with van der Waals surface area (Å²) in [6, 6.07) is 1.48. The van der Waals surface area contributed by atoms with E-state index in [0.717, 1.165) is 25.3 Å². The predicted octanol–water partition coefficient (Wildman–Crippen LogP) is 3.07. The maximum Gasteiger partial charge on any atom is 0.0622 e. The third-order valence-corrected chi connectivity index (χ3v) is 4.77. The van der Waals surface area contributed by atoms with Crippen molar-refractivity contribution in [2.75, 3.05) is 19.8 Å². The molecule has 2 heteroatoms. The van der Waals surface area contributed by atoms with Gasteiger partial charge in [0.2, 0.25) is 0 Å². The minimum atomic E-state index is 0.488. The number of rotatable bonds is 3. The third kappa shape index (κ3) is 2.53. The molecule has 3 rings (SSSR count). The second-order valence-corrected chi connectivity index (χ2v) is 7.83. The Morgan fingerprint density at radius 2 is 1.71 bits per heavy atom. The Labute approximate surface area is 106 Å². The van der Waals surface area contributed by atoms with Gasteiger partial charge >= 0.3 is 0 Å². The molecular weight excluding hydrogens is 210 g/mol. The molecule has 2 atom stereocenters. The summed E-state index contributed by atoms with van der Waals surface area (Å²) in [6.07, 6.45) is 7.06. The topological polar surface area (TPSA) is 12.5 Å². The fourth-order valence-electron chi connectivity index (χ4n) is 4.05. The van der Waals surface area contributed by atoms with Crippen molar-refractivity contribution in [2.24, 2.45) is 10.8 Å². The summed E-state index contributed by atoms with van der Waals surface area (Å²) in [4.78, 5) is 2.79. The first kappa shape index (κ1) is 12.0. The minimum Gasteiger partial charge on any atom is -0.378 e. The summed E-state index contributed by atoms with van der Waals surface area (Å²) in [5, 5.41) is 0. The normalized spacial score (nSPS) is 36.2. The van der Waals surface area contributed by atoms with Gasteiger partial charge in [0.05, 0.1) is 13.2 Å². The quantitative estimate of drug-likeness (QED) is 0.748. The van der Waals surface area contributed by atoms with Gasteiger partial charge in [-0.15, -0.1) is 0 Å². The van der Waals surface area contributed by atoms with Gasteiger partial charge < -0.3 is 4.74 Å². The van der Waals surface area contributed by atoms with Crippen molar-refractivity contribution >= 4 is 0 Å². The van der Waals surface area contributed by atoms with E-state index in [1.165, 1.54) is 38.6 Å². The first-order valence-corrected chi connectivity index (χ1v) is 7.31. The number of hydrogen-bond acceptors (Lipinski definition) is 2. The zero-order chi connectivity index (χ0) is 12.1. The SMILES string of the molecule is CC(C)(C)CC1(CN2C3CCC2COC3)CC1. The molecule has 0 radical (unpaired) electrons. The number of hydrogen-bond donors (Lipinski definition) is 0. The van der Waals surface area contributed by atoms with Crippen LogP contribution in [-0.4, -0.2) is 36.7 Å². The van der Waals surface area contributed by atoms with Crippen molar-refractivity contribution in [2.45, 2.75) is 65.0 Å². The van der Waals surface area contributed by atoms with Crippen molar-refractivity contribution < 1.29 is 4.74 Å². The molecule has 2 saturated heterocycles. The van der Waals surface area contributed by atoms with E-state index in [1.54, 1.807) is 0 Å². The molecule has 0 amide bonds. The molecule has 0 aromatic heterocycles. The molecule has 0 aromatic rings. The number of morpholine rings is 1. The van der Waals surface area contributed by atoms with E-state index in [2.05, 4.69) is 25.7 Å². The van der Waals surface area contributed by atoms with Crippen molar-refractivity contribution in [3.8, 4) is 0 Å². The predicted molar refractivity (Wildman–Crippen MR) is 70.1 cm³/mol. The number of nitrogens with zero attached hydrogens (tertiary/aromatic N) is 1. The molecule has 2 nitrogen and oxygen atoms in total. The van der Waals surface area contributed by atoms with Crippen LogP contribution in [0.5, 0.6) is 0 Å². The third-order valence-electron chi connectivity index (χ3n) is 4.77. The van der Waals surface area contributed by atoms with Crippen LogP contribution in [0.25, 0.3) is 0 Å². The molecule has 2 unspecified atom stereocenters. The maximum atomic E-state index is 5.68. The van der Waals surface area contributed by atoms with E-state index in [4.69, 9.17) is 4.74 Å². The Morgan fingerprint density at radius 3 is 2.18 bits per heavy atom. The molecule has 0 spiro atoms. The second kappa shape index (κ2) is 3.96. The summed E-state index contributed by atoms with van der Waals surface area (Å²) >= 11 is 0. The smallest absolute Gasteiger partial charge is 0.0622 e. The van der Waals surface area contributed by atoms with Crippen LogP contribution < -0.4 is 0 Å². The van der Waals surface area contributed by atoms with Crippen molar-refractivity contribution in [1.29, 1.82) is 0 Å². The largest absolute Gasteiger partial charge is 0.378 e. The lowest BCUT2D eigenvalue weighted by atomic mass is 9.82. The lowest BCUT2D eigenvalue weighted by Crippen LogP contribution is -2.48. The summed E-state index contributed by atoms with van der Waals surface area (Å²) < 4.78 is 5.68. The van der Waals surface area contributed by atoms with Crippen LogP contribution in [0.2, 0.25) is 0 Å². The molecule has 98 valence electrons. The van der Waals surface area contributed by atoms with Crippen LogP contribution in [-0.2, 0) is 4.74 Å². The average Bonchev–Trinajstić information content (AvgIpc) is 2.90. The van der Waals surface area contributed by atoms with Gasteiger partial charge in [-0.1, -0.05) is 20.8 Å². The molecule has 2 aliphatic heterocycles. The molecule has 0 N–H and O–H groups in total. The molecule has 3 fully saturated rings. The molecule has 1 aliphatic carbocycles. The van der Waals surface area contributed by atoms with Crippen LogP contribution in [0.1, 0.15) is 52.9 Å². The molecule has 17 heavy (non-hydrogen) atoms. The highest BCUT2D eigenvalue weighted by Gasteiger charge is 2.49. The Kier molecular flexibility index (Phi) is 2.79. The molecule has 0 aromatic carbocycles. The van der Waals surface area contributed by atoms with Gasteiger partial charge in [0.1, 0.15) is 0 Å². The van der Waals surface area contributed by atoms with E-state index >= 15 is 0 Å². The van der Waals surface area contributed by atoms with Crippen LogP contribution >= 0.6 is 0 Å². The molecule has 2 heterocycles. The minimum absolute atomic E-state index is 0.488. The van der Waals surface area contributed by atoms with Gasteiger partial charge in [-0.05, 0) is 42.9 Å². The van der Waals surface area contributed by atoms with E-state index in [-0.39, 0.29) is 0 Å². The van der Waals surface area contributed by atoms with Gasteiger partial charge in [-0.25, -0.2) is 0 Å². The summed E-state index contributed by atoms with van der Waals surface area (Å²) in [5.74, 6) is 0. The molecular formula is C15H27NO. The van der Waals surface area contributed by atoms with E-state index in [9.17, 15) is 0 Å². The Morgan fingerprint density at radius 1 is 1.12 bits per heavy atom. The maximum absolute atomic E-state index is 5.68.